The number of rotatable bonds is 3. The molecule has 0 atom stereocenters. The summed E-state index contributed by atoms with van der Waals surface area (Å²) in [5, 5.41) is 4.81. The Kier molecular flexibility index (Phi) is 3.41. The van der Waals surface area contributed by atoms with Gasteiger partial charge in [-0.1, -0.05) is 17.2 Å². The zero-order chi connectivity index (χ0) is 16.7. The standard InChI is InChI=1S/C17H15N3O4/c21-15(9-11-10-18-19-8-4-3-7-14(11)19)24-20-16(22)12-5-1-2-6-13(12)17(20)23/h1-2,5-6,10H,3-4,7-9H2. The summed E-state index contributed by atoms with van der Waals surface area (Å²) in [5.74, 6) is -1.87. The molecule has 122 valence electrons. The van der Waals surface area contributed by atoms with Crippen molar-refractivity contribution >= 4 is 17.8 Å². The molecular formula is C17H15N3O4. The molecule has 0 aliphatic carbocycles. The predicted octanol–water partition coefficient (Wildman–Crippen LogP) is 1.52. The van der Waals surface area contributed by atoms with E-state index < -0.39 is 17.8 Å². The number of nitrogens with zero attached hydrogens (tertiary/aromatic N) is 3. The van der Waals surface area contributed by atoms with E-state index in [0.717, 1.165) is 37.1 Å². The van der Waals surface area contributed by atoms with Gasteiger partial charge >= 0.3 is 5.97 Å². The Hall–Kier alpha value is -2.96. The topological polar surface area (TPSA) is 81.5 Å². The highest BCUT2D eigenvalue weighted by Crippen LogP contribution is 2.23. The number of fused-ring (bicyclic) bond motifs is 2. The number of aromatic nitrogens is 2. The highest BCUT2D eigenvalue weighted by molar-refractivity contribution is 6.20. The number of hydroxylamine groups is 2. The van der Waals surface area contributed by atoms with Crippen molar-refractivity contribution in [1.29, 1.82) is 0 Å². The van der Waals surface area contributed by atoms with Crippen LogP contribution in [0.15, 0.2) is 30.5 Å². The summed E-state index contributed by atoms with van der Waals surface area (Å²) in [6.45, 7) is 0.850. The van der Waals surface area contributed by atoms with Crippen LogP contribution >= 0.6 is 0 Å². The number of imide groups is 1. The number of carbonyl (C=O) groups is 3. The minimum absolute atomic E-state index is 0.0112. The maximum absolute atomic E-state index is 12.2. The van der Waals surface area contributed by atoms with E-state index >= 15 is 0 Å². The van der Waals surface area contributed by atoms with Crippen LogP contribution < -0.4 is 0 Å². The summed E-state index contributed by atoms with van der Waals surface area (Å²) in [7, 11) is 0. The van der Waals surface area contributed by atoms with Crippen LogP contribution in [0.25, 0.3) is 0 Å². The number of hydrogen-bond acceptors (Lipinski definition) is 5. The molecule has 2 aliphatic heterocycles. The van der Waals surface area contributed by atoms with Gasteiger partial charge in [-0.05, 0) is 31.4 Å². The van der Waals surface area contributed by atoms with E-state index in [0.29, 0.717) is 5.06 Å². The van der Waals surface area contributed by atoms with Crippen LogP contribution in [0, 0.1) is 0 Å². The van der Waals surface area contributed by atoms with Crippen molar-refractivity contribution in [3.63, 3.8) is 0 Å². The van der Waals surface area contributed by atoms with Gasteiger partial charge in [0.05, 0.1) is 23.7 Å². The van der Waals surface area contributed by atoms with Crippen LogP contribution in [0.4, 0.5) is 0 Å². The first-order valence-corrected chi connectivity index (χ1v) is 7.87. The SMILES string of the molecule is O=C(Cc1cnn2c1CCCC2)ON1C(=O)c2ccccc2C1=O. The number of amides is 2. The zero-order valence-corrected chi connectivity index (χ0v) is 12.9. The van der Waals surface area contributed by atoms with E-state index in [1.54, 1.807) is 18.3 Å². The van der Waals surface area contributed by atoms with Crippen molar-refractivity contribution in [3.8, 4) is 0 Å². The average Bonchev–Trinajstić information content (AvgIpc) is 3.11. The van der Waals surface area contributed by atoms with E-state index in [1.807, 2.05) is 4.68 Å². The van der Waals surface area contributed by atoms with E-state index in [9.17, 15) is 14.4 Å². The molecule has 3 heterocycles. The second-order valence-electron chi connectivity index (χ2n) is 5.89. The van der Waals surface area contributed by atoms with Crippen LogP contribution in [0.1, 0.15) is 44.8 Å². The van der Waals surface area contributed by atoms with Crippen molar-refractivity contribution in [2.75, 3.05) is 0 Å². The molecule has 2 aromatic rings. The van der Waals surface area contributed by atoms with Crippen molar-refractivity contribution in [3.05, 3.63) is 52.8 Å². The lowest BCUT2D eigenvalue weighted by atomic mass is 10.1. The minimum Gasteiger partial charge on any atom is -0.329 e. The van der Waals surface area contributed by atoms with Crippen LogP contribution in [0.5, 0.6) is 0 Å². The molecule has 2 amide bonds. The van der Waals surface area contributed by atoms with Gasteiger partial charge in [-0.25, -0.2) is 4.79 Å². The Morgan fingerprint density at radius 2 is 1.83 bits per heavy atom. The third-order valence-electron chi connectivity index (χ3n) is 4.35. The molecule has 0 radical (unpaired) electrons. The first-order chi connectivity index (χ1) is 11.6. The second-order valence-corrected chi connectivity index (χ2v) is 5.89. The summed E-state index contributed by atoms with van der Waals surface area (Å²) in [6.07, 6.45) is 4.66. The maximum Gasteiger partial charge on any atom is 0.337 e. The van der Waals surface area contributed by atoms with Crippen molar-refractivity contribution < 1.29 is 19.2 Å². The summed E-state index contributed by atoms with van der Waals surface area (Å²) < 4.78 is 1.90. The van der Waals surface area contributed by atoms with Crippen LogP contribution in [0.3, 0.4) is 0 Å². The Morgan fingerprint density at radius 1 is 1.12 bits per heavy atom. The lowest BCUT2D eigenvalue weighted by molar-refractivity contribution is -0.167. The van der Waals surface area contributed by atoms with Gasteiger partial charge in [0.25, 0.3) is 11.8 Å². The van der Waals surface area contributed by atoms with Gasteiger partial charge in [0, 0.05) is 17.8 Å². The molecule has 7 nitrogen and oxygen atoms in total. The number of carbonyl (C=O) groups excluding carboxylic acids is 3. The lowest BCUT2D eigenvalue weighted by Crippen LogP contribution is -2.33. The molecule has 24 heavy (non-hydrogen) atoms. The van der Waals surface area contributed by atoms with Crippen molar-refractivity contribution in [1.82, 2.24) is 14.8 Å². The van der Waals surface area contributed by atoms with Gasteiger partial charge in [0.1, 0.15) is 0 Å². The lowest BCUT2D eigenvalue weighted by Gasteiger charge is -2.15. The average molecular weight is 325 g/mol. The van der Waals surface area contributed by atoms with Crippen LogP contribution in [-0.2, 0) is 29.0 Å². The largest absolute Gasteiger partial charge is 0.337 e. The smallest absolute Gasteiger partial charge is 0.329 e. The first-order valence-electron chi connectivity index (χ1n) is 7.87. The normalized spacial score (nSPS) is 16.1. The number of aryl methyl sites for hydroxylation is 1. The Labute approximate surface area is 137 Å². The van der Waals surface area contributed by atoms with Gasteiger partial charge in [0.2, 0.25) is 0 Å². The summed E-state index contributed by atoms with van der Waals surface area (Å²) in [4.78, 5) is 41.6. The molecule has 2 aliphatic rings. The molecular weight excluding hydrogens is 310 g/mol. The molecule has 0 fully saturated rings. The Balaban J connectivity index is 1.49. The maximum atomic E-state index is 12.2. The molecule has 0 unspecified atom stereocenters. The van der Waals surface area contributed by atoms with E-state index in [2.05, 4.69) is 5.10 Å². The molecule has 1 aromatic heterocycles. The molecule has 4 rings (SSSR count). The highest BCUT2D eigenvalue weighted by atomic mass is 16.7. The van der Waals surface area contributed by atoms with E-state index in [1.165, 1.54) is 12.1 Å². The van der Waals surface area contributed by atoms with Gasteiger partial charge in [0.15, 0.2) is 0 Å². The third-order valence-corrected chi connectivity index (χ3v) is 4.35. The van der Waals surface area contributed by atoms with E-state index in [4.69, 9.17) is 4.84 Å². The molecule has 0 spiro atoms. The molecule has 1 aromatic carbocycles. The highest BCUT2D eigenvalue weighted by Gasteiger charge is 2.38. The number of benzene rings is 1. The van der Waals surface area contributed by atoms with E-state index in [-0.39, 0.29) is 17.5 Å². The monoisotopic (exact) mass is 325 g/mol. The summed E-state index contributed by atoms with van der Waals surface area (Å²) >= 11 is 0. The molecule has 0 saturated carbocycles. The third kappa shape index (κ3) is 2.29. The molecule has 0 saturated heterocycles. The number of hydrogen-bond donors (Lipinski definition) is 0. The van der Waals surface area contributed by atoms with Crippen molar-refractivity contribution in [2.24, 2.45) is 0 Å². The fraction of sp³-hybridized carbons (Fsp3) is 0.294. The quantitative estimate of drug-likeness (QED) is 0.799. The van der Waals surface area contributed by atoms with Crippen molar-refractivity contribution in [2.45, 2.75) is 32.2 Å². The Morgan fingerprint density at radius 3 is 2.54 bits per heavy atom. The van der Waals surface area contributed by atoms with Crippen LogP contribution in [0.2, 0.25) is 0 Å². The fourth-order valence-corrected chi connectivity index (χ4v) is 3.17. The second kappa shape index (κ2) is 5.59. The van der Waals surface area contributed by atoms with Gasteiger partial charge in [-0.15, -0.1) is 0 Å². The van der Waals surface area contributed by atoms with Gasteiger partial charge in [-0.2, -0.15) is 5.10 Å². The molecule has 0 N–H and O–H groups in total. The van der Waals surface area contributed by atoms with Gasteiger partial charge in [-0.3, -0.25) is 14.3 Å². The summed E-state index contributed by atoms with van der Waals surface area (Å²) in [5.41, 5.74) is 2.31. The molecule has 0 bridgehead atoms. The minimum atomic E-state index is -0.647. The molecule has 7 heteroatoms. The fourth-order valence-electron chi connectivity index (χ4n) is 3.17. The first kappa shape index (κ1) is 14.6. The Bertz CT molecular complexity index is 820. The predicted molar refractivity (Wildman–Crippen MR) is 81.9 cm³/mol. The summed E-state index contributed by atoms with van der Waals surface area (Å²) in [6, 6.07) is 6.40. The van der Waals surface area contributed by atoms with Gasteiger partial charge < -0.3 is 4.84 Å². The zero-order valence-electron chi connectivity index (χ0n) is 12.9. The van der Waals surface area contributed by atoms with Crippen LogP contribution in [-0.4, -0.2) is 32.6 Å².